The monoisotopic (exact) mass is 369 g/mol. The van der Waals surface area contributed by atoms with Gasteiger partial charge in [-0.3, -0.25) is 4.79 Å². The number of rotatable bonds is 5. The molecule has 0 radical (unpaired) electrons. The van der Waals surface area contributed by atoms with Crippen molar-refractivity contribution in [2.24, 2.45) is 0 Å². The highest BCUT2D eigenvalue weighted by Crippen LogP contribution is 2.19. The minimum absolute atomic E-state index is 0.0313. The summed E-state index contributed by atoms with van der Waals surface area (Å²) < 4.78 is 5.36. The Morgan fingerprint density at radius 2 is 1.92 bits per heavy atom. The fourth-order valence-corrected chi connectivity index (χ4v) is 2.75. The van der Waals surface area contributed by atoms with Gasteiger partial charge in [-0.1, -0.05) is 52.7 Å². The van der Waals surface area contributed by atoms with Crippen molar-refractivity contribution in [1.82, 2.24) is 15.0 Å². The van der Waals surface area contributed by atoms with Gasteiger partial charge in [0.2, 0.25) is 11.7 Å². The van der Waals surface area contributed by atoms with E-state index in [0.29, 0.717) is 22.3 Å². The van der Waals surface area contributed by atoms with Crippen molar-refractivity contribution in [3.05, 3.63) is 70.6 Å². The number of halogens is 1. The summed E-state index contributed by atoms with van der Waals surface area (Å²) in [5.74, 6) is 0.779. The van der Waals surface area contributed by atoms with E-state index in [1.807, 2.05) is 45.0 Å². The molecule has 0 unspecified atom stereocenters. The van der Waals surface area contributed by atoms with Gasteiger partial charge in [0.25, 0.3) is 5.91 Å². The number of hydrogen-bond donors (Lipinski definition) is 0. The van der Waals surface area contributed by atoms with E-state index < -0.39 is 0 Å². The predicted octanol–water partition coefficient (Wildman–Crippen LogP) is 4.75. The van der Waals surface area contributed by atoms with Crippen LogP contribution in [0, 0.1) is 6.92 Å². The normalized spacial score (nSPS) is 11.0. The van der Waals surface area contributed by atoms with Crippen LogP contribution in [0.3, 0.4) is 0 Å². The van der Waals surface area contributed by atoms with Crippen LogP contribution < -0.4 is 0 Å². The topological polar surface area (TPSA) is 59.2 Å². The molecule has 1 aromatic heterocycles. The van der Waals surface area contributed by atoms with E-state index in [2.05, 4.69) is 10.1 Å². The maximum absolute atomic E-state index is 12.8. The van der Waals surface area contributed by atoms with Gasteiger partial charge in [0.05, 0.1) is 0 Å². The summed E-state index contributed by atoms with van der Waals surface area (Å²) in [6, 6.07) is 14.8. The molecule has 0 spiro atoms. The van der Waals surface area contributed by atoms with Crippen molar-refractivity contribution in [3.8, 4) is 11.4 Å². The summed E-state index contributed by atoms with van der Waals surface area (Å²) in [6.45, 7) is 6.15. The Morgan fingerprint density at radius 1 is 1.19 bits per heavy atom. The summed E-state index contributed by atoms with van der Waals surface area (Å²) in [5.41, 5.74) is 2.57. The first kappa shape index (κ1) is 18.1. The molecule has 0 bridgehead atoms. The Bertz CT molecular complexity index is 903. The van der Waals surface area contributed by atoms with Crippen LogP contribution in [-0.4, -0.2) is 27.0 Å². The number of aryl methyl sites for hydroxylation is 1. The van der Waals surface area contributed by atoms with Gasteiger partial charge in [0, 0.05) is 22.2 Å². The maximum Gasteiger partial charge on any atom is 0.254 e. The molecule has 0 aliphatic rings. The summed E-state index contributed by atoms with van der Waals surface area (Å²) in [5, 5.41) is 4.56. The van der Waals surface area contributed by atoms with Gasteiger partial charge in [-0.25, -0.2) is 0 Å². The Hall–Kier alpha value is -2.66. The van der Waals surface area contributed by atoms with E-state index in [4.69, 9.17) is 16.1 Å². The molecule has 0 aliphatic heterocycles. The number of carbonyl (C=O) groups is 1. The van der Waals surface area contributed by atoms with Crippen LogP contribution in [0.4, 0.5) is 0 Å². The van der Waals surface area contributed by atoms with Crippen molar-refractivity contribution in [1.29, 1.82) is 0 Å². The zero-order chi connectivity index (χ0) is 18.7. The Kier molecular flexibility index (Phi) is 5.38. The van der Waals surface area contributed by atoms with E-state index in [1.165, 1.54) is 0 Å². The molecule has 0 fully saturated rings. The summed E-state index contributed by atoms with van der Waals surface area (Å²) >= 11 is 6.00. The van der Waals surface area contributed by atoms with Crippen molar-refractivity contribution in [3.63, 3.8) is 0 Å². The molecule has 0 saturated carbocycles. The molecule has 0 N–H and O–H groups in total. The van der Waals surface area contributed by atoms with Gasteiger partial charge < -0.3 is 9.42 Å². The molecule has 134 valence electrons. The standard InChI is InChI=1S/C20H20ClN3O2/c1-13(2)24(20(25)16-5-4-6-17(21)11-16)12-18-22-19(23-26-18)15-9-7-14(3)8-10-15/h4-11,13H,12H2,1-3H3. The van der Waals surface area contributed by atoms with E-state index in [0.717, 1.165) is 11.1 Å². The predicted molar refractivity (Wildman–Crippen MR) is 101 cm³/mol. The average Bonchev–Trinajstić information content (AvgIpc) is 3.08. The zero-order valence-electron chi connectivity index (χ0n) is 14.9. The Labute approximate surface area is 157 Å². The Balaban J connectivity index is 1.80. The lowest BCUT2D eigenvalue weighted by atomic mass is 10.1. The SMILES string of the molecule is Cc1ccc(-c2noc(CN(C(=O)c3cccc(Cl)c3)C(C)C)n2)cc1. The lowest BCUT2D eigenvalue weighted by Gasteiger charge is -2.25. The fourth-order valence-electron chi connectivity index (χ4n) is 2.56. The molecular weight excluding hydrogens is 350 g/mol. The van der Waals surface area contributed by atoms with E-state index >= 15 is 0 Å². The first-order chi connectivity index (χ1) is 12.4. The van der Waals surface area contributed by atoms with Crippen LogP contribution in [0.2, 0.25) is 5.02 Å². The van der Waals surface area contributed by atoms with Crippen molar-refractivity contribution >= 4 is 17.5 Å². The minimum Gasteiger partial charge on any atom is -0.337 e. The van der Waals surface area contributed by atoms with Gasteiger partial charge in [-0.15, -0.1) is 0 Å². The fraction of sp³-hybridized carbons (Fsp3) is 0.250. The first-order valence-corrected chi connectivity index (χ1v) is 8.78. The molecule has 6 heteroatoms. The van der Waals surface area contributed by atoms with E-state index in [9.17, 15) is 4.79 Å². The summed E-state index contributed by atoms with van der Waals surface area (Å²) in [7, 11) is 0. The lowest BCUT2D eigenvalue weighted by Crippen LogP contribution is -2.36. The lowest BCUT2D eigenvalue weighted by molar-refractivity contribution is 0.0667. The van der Waals surface area contributed by atoms with E-state index in [1.54, 1.807) is 29.2 Å². The molecule has 1 heterocycles. The zero-order valence-corrected chi connectivity index (χ0v) is 15.7. The molecule has 0 aliphatic carbocycles. The second kappa shape index (κ2) is 7.70. The van der Waals surface area contributed by atoms with Crippen molar-refractivity contribution in [2.75, 3.05) is 0 Å². The van der Waals surface area contributed by atoms with Crippen LogP contribution in [0.1, 0.15) is 35.7 Å². The van der Waals surface area contributed by atoms with Crippen LogP contribution in [-0.2, 0) is 6.54 Å². The van der Waals surface area contributed by atoms with Crippen LogP contribution in [0.5, 0.6) is 0 Å². The first-order valence-electron chi connectivity index (χ1n) is 8.40. The van der Waals surface area contributed by atoms with Gasteiger partial charge in [-0.2, -0.15) is 4.98 Å². The Morgan fingerprint density at radius 3 is 2.58 bits per heavy atom. The highest BCUT2D eigenvalue weighted by molar-refractivity contribution is 6.30. The number of aromatic nitrogens is 2. The smallest absolute Gasteiger partial charge is 0.254 e. The second-order valence-electron chi connectivity index (χ2n) is 6.41. The van der Waals surface area contributed by atoms with Crippen LogP contribution >= 0.6 is 11.6 Å². The second-order valence-corrected chi connectivity index (χ2v) is 6.85. The van der Waals surface area contributed by atoms with Gasteiger partial charge >= 0.3 is 0 Å². The molecular formula is C20H20ClN3O2. The van der Waals surface area contributed by atoms with Crippen LogP contribution in [0.25, 0.3) is 11.4 Å². The third kappa shape index (κ3) is 4.11. The molecule has 0 saturated heterocycles. The highest BCUT2D eigenvalue weighted by Gasteiger charge is 2.22. The molecule has 5 nitrogen and oxygen atoms in total. The number of benzene rings is 2. The molecule has 2 aromatic carbocycles. The van der Waals surface area contributed by atoms with Crippen molar-refractivity contribution in [2.45, 2.75) is 33.4 Å². The summed E-state index contributed by atoms with van der Waals surface area (Å²) in [6.07, 6.45) is 0. The third-order valence-electron chi connectivity index (χ3n) is 4.04. The maximum atomic E-state index is 12.8. The third-order valence-corrected chi connectivity index (χ3v) is 4.27. The number of nitrogens with zero attached hydrogens (tertiary/aromatic N) is 3. The quantitative estimate of drug-likeness (QED) is 0.651. The summed E-state index contributed by atoms with van der Waals surface area (Å²) in [4.78, 5) is 18.9. The van der Waals surface area contributed by atoms with E-state index in [-0.39, 0.29) is 18.5 Å². The number of amides is 1. The van der Waals surface area contributed by atoms with Gasteiger partial charge in [0.15, 0.2) is 0 Å². The van der Waals surface area contributed by atoms with Gasteiger partial charge in [0.1, 0.15) is 6.54 Å². The molecule has 1 amide bonds. The highest BCUT2D eigenvalue weighted by atomic mass is 35.5. The molecule has 3 aromatic rings. The largest absolute Gasteiger partial charge is 0.337 e. The molecule has 0 atom stereocenters. The van der Waals surface area contributed by atoms with Crippen LogP contribution in [0.15, 0.2) is 53.1 Å². The molecule has 26 heavy (non-hydrogen) atoms. The molecule has 3 rings (SSSR count). The average molecular weight is 370 g/mol. The number of carbonyl (C=O) groups excluding carboxylic acids is 1. The minimum atomic E-state index is -0.127. The van der Waals surface area contributed by atoms with Crippen molar-refractivity contribution < 1.29 is 9.32 Å². The number of hydrogen-bond acceptors (Lipinski definition) is 4. The van der Waals surface area contributed by atoms with Gasteiger partial charge in [-0.05, 0) is 39.0 Å².